The molecule has 0 saturated carbocycles. The number of thiophene rings is 1. The number of anilines is 1. The van der Waals surface area contributed by atoms with Gasteiger partial charge >= 0.3 is 0 Å². The molecule has 1 atom stereocenters. The Hall–Kier alpha value is -1.77. The molecule has 0 spiro atoms. The van der Waals surface area contributed by atoms with E-state index in [0.717, 1.165) is 36.4 Å². The first kappa shape index (κ1) is 14.2. The lowest BCUT2D eigenvalue weighted by Gasteiger charge is -2.23. The van der Waals surface area contributed by atoms with Crippen LogP contribution in [0.25, 0.3) is 0 Å². The standard InChI is InChI=1S/C16H20N4S/c1-18-16-14(9-17)13-6-5-11(8-15(13)21-16)19-10-12-4-3-7-20(12)2/h3-4,7,11,18-19H,5-6,8,10H2,1-2H3. The van der Waals surface area contributed by atoms with E-state index in [2.05, 4.69) is 46.6 Å². The number of rotatable bonds is 4. The van der Waals surface area contributed by atoms with Gasteiger partial charge in [0.05, 0.1) is 5.56 Å². The molecule has 5 heteroatoms. The molecule has 0 saturated heterocycles. The Kier molecular flexibility index (Phi) is 4.00. The summed E-state index contributed by atoms with van der Waals surface area (Å²) in [5.74, 6) is 0. The number of aryl methyl sites for hydroxylation is 1. The van der Waals surface area contributed by atoms with Crippen molar-refractivity contribution in [2.75, 3.05) is 12.4 Å². The highest BCUT2D eigenvalue weighted by atomic mass is 32.1. The summed E-state index contributed by atoms with van der Waals surface area (Å²) in [5, 5.41) is 17.1. The Labute approximate surface area is 129 Å². The Morgan fingerprint density at radius 3 is 3.05 bits per heavy atom. The van der Waals surface area contributed by atoms with Gasteiger partial charge < -0.3 is 15.2 Å². The molecule has 0 amide bonds. The SMILES string of the molecule is CNc1sc2c(c1C#N)CCC(NCc1cccn1C)C2. The minimum atomic E-state index is 0.502. The van der Waals surface area contributed by atoms with E-state index in [0.29, 0.717) is 6.04 Å². The van der Waals surface area contributed by atoms with Gasteiger partial charge in [0, 0.05) is 43.4 Å². The van der Waals surface area contributed by atoms with Crippen molar-refractivity contribution in [3.05, 3.63) is 40.0 Å². The van der Waals surface area contributed by atoms with Crippen molar-refractivity contribution in [1.29, 1.82) is 5.26 Å². The van der Waals surface area contributed by atoms with Crippen molar-refractivity contribution in [1.82, 2.24) is 9.88 Å². The fourth-order valence-corrected chi connectivity index (χ4v) is 4.21. The summed E-state index contributed by atoms with van der Waals surface area (Å²) in [5.41, 5.74) is 3.43. The average Bonchev–Trinajstić information content (AvgIpc) is 3.07. The molecule has 2 N–H and O–H groups in total. The van der Waals surface area contributed by atoms with Gasteiger partial charge in [0.15, 0.2) is 0 Å². The van der Waals surface area contributed by atoms with E-state index in [1.54, 1.807) is 11.3 Å². The van der Waals surface area contributed by atoms with Crippen molar-refractivity contribution in [2.24, 2.45) is 7.05 Å². The van der Waals surface area contributed by atoms with Gasteiger partial charge in [-0.25, -0.2) is 0 Å². The van der Waals surface area contributed by atoms with Crippen molar-refractivity contribution >= 4 is 16.3 Å². The van der Waals surface area contributed by atoms with E-state index in [1.807, 2.05) is 7.05 Å². The van der Waals surface area contributed by atoms with Crippen molar-refractivity contribution in [3.63, 3.8) is 0 Å². The third-order valence-corrected chi connectivity index (χ3v) is 5.50. The van der Waals surface area contributed by atoms with Crippen LogP contribution in [0.4, 0.5) is 5.00 Å². The maximum Gasteiger partial charge on any atom is 0.107 e. The lowest BCUT2D eigenvalue weighted by atomic mass is 9.92. The van der Waals surface area contributed by atoms with Gasteiger partial charge in [-0.05, 0) is 37.0 Å². The molecule has 0 fully saturated rings. The predicted octanol–water partition coefficient (Wildman–Crippen LogP) is 2.65. The minimum absolute atomic E-state index is 0.502. The average molecular weight is 300 g/mol. The van der Waals surface area contributed by atoms with E-state index >= 15 is 0 Å². The quantitative estimate of drug-likeness (QED) is 0.912. The Morgan fingerprint density at radius 1 is 1.52 bits per heavy atom. The zero-order valence-electron chi connectivity index (χ0n) is 12.4. The molecule has 21 heavy (non-hydrogen) atoms. The fraction of sp³-hybridized carbons (Fsp3) is 0.438. The summed E-state index contributed by atoms with van der Waals surface area (Å²) in [6.07, 6.45) is 5.21. The summed E-state index contributed by atoms with van der Waals surface area (Å²) in [6, 6.07) is 7.09. The third kappa shape index (κ3) is 2.69. The van der Waals surface area contributed by atoms with Crippen molar-refractivity contribution in [3.8, 4) is 6.07 Å². The molecular weight excluding hydrogens is 280 g/mol. The second-order valence-corrected chi connectivity index (χ2v) is 6.61. The number of hydrogen-bond donors (Lipinski definition) is 2. The molecule has 0 radical (unpaired) electrons. The number of hydrogen-bond acceptors (Lipinski definition) is 4. The molecule has 2 heterocycles. The lowest BCUT2D eigenvalue weighted by molar-refractivity contribution is 0.455. The van der Waals surface area contributed by atoms with Crippen LogP contribution in [0, 0.1) is 11.3 Å². The molecule has 2 aromatic rings. The van der Waals surface area contributed by atoms with Gasteiger partial charge in [-0.2, -0.15) is 5.26 Å². The third-order valence-electron chi connectivity index (χ3n) is 4.23. The first-order valence-electron chi connectivity index (χ1n) is 7.29. The van der Waals surface area contributed by atoms with Crippen LogP contribution in [0.15, 0.2) is 18.3 Å². The Bertz CT molecular complexity index is 677. The fourth-order valence-electron chi connectivity index (χ4n) is 2.98. The molecule has 4 nitrogen and oxygen atoms in total. The largest absolute Gasteiger partial charge is 0.379 e. The van der Waals surface area contributed by atoms with Gasteiger partial charge in [0.25, 0.3) is 0 Å². The first-order valence-corrected chi connectivity index (χ1v) is 8.10. The minimum Gasteiger partial charge on any atom is -0.379 e. The van der Waals surface area contributed by atoms with Crippen LogP contribution < -0.4 is 10.6 Å². The van der Waals surface area contributed by atoms with E-state index in [4.69, 9.17) is 0 Å². The number of aromatic nitrogens is 1. The van der Waals surface area contributed by atoms with Crippen molar-refractivity contribution < 1.29 is 0 Å². The van der Waals surface area contributed by atoms with E-state index < -0.39 is 0 Å². The zero-order chi connectivity index (χ0) is 14.8. The Balaban J connectivity index is 1.69. The predicted molar refractivity (Wildman–Crippen MR) is 86.6 cm³/mol. The topological polar surface area (TPSA) is 52.8 Å². The van der Waals surface area contributed by atoms with Gasteiger partial charge in [-0.15, -0.1) is 11.3 Å². The molecule has 110 valence electrons. The number of nitrogens with zero attached hydrogens (tertiary/aromatic N) is 2. The molecule has 1 aliphatic carbocycles. The van der Waals surface area contributed by atoms with Crippen LogP contribution in [-0.2, 0) is 26.4 Å². The van der Waals surface area contributed by atoms with Gasteiger partial charge in [0.2, 0.25) is 0 Å². The highest BCUT2D eigenvalue weighted by Crippen LogP contribution is 2.37. The summed E-state index contributed by atoms with van der Waals surface area (Å²) in [6.45, 7) is 0.902. The van der Waals surface area contributed by atoms with E-state index in [1.165, 1.54) is 16.1 Å². The monoisotopic (exact) mass is 300 g/mol. The summed E-state index contributed by atoms with van der Waals surface area (Å²) >= 11 is 1.74. The number of nitrogens with one attached hydrogen (secondary N) is 2. The second kappa shape index (κ2) is 5.92. The van der Waals surface area contributed by atoms with Crippen LogP contribution in [0.2, 0.25) is 0 Å². The lowest BCUT2D eigenvalue weighted by Crippen LogP contribution is -2.34. The maximum absolute atomic E-state index is 9.32. The van der Waals surface area contributed by atoms with Crippen LogP contribution in [-0.4, -0.2) is 17.7 Å². The van der Waals surface area contributed by atoms with Gasteiger partial charge in [0.1, 0.15) is 11.1 Å². The van der Waals surface area contributed by atoms with Crippen LogP contribution in [0.5, 0.6) is 0 Å². The molecule has 0 bridgehead atoms. The van der Waals surface area contributed by atoms with Crippen molar-refractivity contribution in [2.45, 2.75) is 31.8 Å². The highest BCUT2D eigenvalue weighted by molar-refractivity contribution is 7.16. The molecule has 0 aromatic carbocycles. The Morgan fingerprint density at radius 2 is 2.38 bits per heavy atom. The number of nitriles is 1. The van der Waals surface area contributed by atoms with Crippen LogP contribution in [0.1, 0.15) is 28.1 Å². The van der Waals surface area contributed by atoms with Crippen LogP contribution in [0.3, 0.4) is 0 Å². The second-order valence-electron chi connectivity index (χ2n) is 5.50. The highest BCUT2D eigenvalue weighted by Gasteiger charge is 2.25. The normalized spacial score (nSPS) is 17.3. The molecule has 1 aliphatic rings. The molecular formula is C16H20N4S. The molecule has 2 aromatic heterocycles. The summed E-state index contributed by atoms with van der Waals surface area (Å²) in [4.78, 5) is 1.37. The van der Waals surface area contributed by atoms with Gasteiger partial charge in [-0.3, -0.25) is 0 Å². The first-order chi connectivity index (χ1) is 10.2. The molecule has 0 aliphatic heterocycles. The molecule has 1 unspecified atom stereocenters. The van der Waals surface area contributed by atoms with Crippen LogP contribution >= 0.6 is 11.3 Å². The van der Waals surface area contributed by atoms with E-state index in [-0.39, 0.29) is 0 Å². The summed E-state index contributed by atoms with van der Waals surface area (Å²) in [7, 11) is 3.97. The number of fused-ring (bicyclic) bond motifs is 1. The smallest absolute Gasteiger partial charge is 0.107 e. The summed E-state index contributed by atoms with van der Waals surface area (Å²) < 4.78 is 2.15. The molecule has 3 rings (SSSR count). The van der Waals surface area contributed by atoms with E-state index in [9.17, 15) is 5.26 Å². The maximum atomic E-state index is 9.32. The van der Waals surface area contributed by atoms with Gasteiger partial charge in [-0.1, -0.05) is 0 Å². The zero-order valence-corrected chi connectivity index (χ0v) is 13.3.